The zero-order valence-electron chi connectivity index (χ0n) is 19.0. The molecule has 33 heavy (non-hydrogen) atoms. The molecular weight excluding hydrogens is 423 g/mol. The van der Waals surface area contributed by atoms with Gasteiger partial charge in [0.1, 0.15) is 23.9 Å². The summed E-state index contributed by atoms with van der Waals surface area (Å²) >= 11 is 0. The Morgan fingerprint density at radius 2 is 1.76 bits per heavy atom. The van der Waals surface area contributed by atoms with Gasteiger partial charge in [-0.3, -0.25) is 9.59 Å². The maximum Gasteiger partial charge on any atom is 0.295 e. The van der Waals surface area contributed by atoms with Gasteiger partial charge in [0.15, 0.2) is 0 Å². The Kier molecular flexibility index (Phi) is 8.01. The number of rotatable bonds is 10. The van der Waals surface area contributed by atoms with Crippen molar-refractivity contribution in [2.75, 3.05) is 32.8 Å². The van der Waals surface area contributed by atoms with Crippen LogP contribution in [0.2, 0.25) is 0 Å². The predicted molar refractivity (Wildman–Crippen MR) is 125 cm³/mol. The number of hydrogen-bond donors (Lipinski definition) is 1. The van der Waals surface area contributed by atoms with Crippen LogP contribution < -0.4 is 4.74 Å². The summed E-state index contributed by atoms with van der Waals surface area (Å²) in [5, 5.41) is 11.1. The number of likely N-dealkylation sites (tertiary alicyclic amines) is 1. The molecule has 1 unspecified atom stereocenters. The maximum absolute atomic E-state index is 13.6. The number of amides is 1. The minimum Gasteiger partial charge on any atom is -0.507 e. The summed E-state index contributed by atoms with van der Waals surface area (Å²) in [4.78, 5) is 29.6. The van der Waals surface area contributed by atoms with E-state index in [1.165, 1.54) is 29.2 Å². The molecule has 174 valence electrons. The van der Waals surface area contributed by atoms with E-state index in [0.717, 1.165) is 13.1 Å². The van der Waals surface area contributed by atoms with Crippen LogP contribution >= 0.6 is 0 Å². The Balaban J connectivity index is 2.03. The average molecular weight is 453 g/mol. The quantitative estimate of drug-likeness (QED) is 0.254. The van der Waals surface area contributed by atoms with Gasteiger partial charge in [-0.05, 0) is 55.1 Å². The molecule has 0 aromatic heterocycles. The van der Waals surface area contributed by atoms with Gasteiger partial charge in [-0.15, -0.1) is 0 Å². The van der Waals surface area contributed by atoms with E-state index in [0.29, 0.717) is 36.6 Å². The Labute approximate surface area is 193 Å². The van der Waals surface area contributed by atoms with E-state index in [1.54, 1.807) is 30.3 Å². The second-order valence-corrected chi connectivity index (χ2v) is 7.69. The number of ketones is 1. The van der Waals surface area contributed by atoms with Crippen LogP contribution in [0.3, 0.4) is 0 Å². The minimum absolute atomic E-state index is 0.00841. The second kappa shape index (κ2) is 10.9. The van der Waals surface area contributed by atoms with Crippen molar-refractivity contribution in [2.45, 2.75) is 19.9 Å². The molecule has 2 aromatic rings. The van der Waals surface area contributed by atoms with Crippen molar-refractivity contribution in [1.29, 1.82) is 0 Å². The van der Waals surface area contributed by atoms with Gasteiger partial charge >= 0.3 is 0 Å². The monoisotopic (exact) mass is 452 g/mol. The maximum atomic E-state index is 13.6. The summed E-state index contributed by atoms with van der Waals surface area (Å²) in [6.45, 7) is 10.5. The molecule has 1 saturated heterocycles. The Bertz CT molecular complexity index is 1030. The number of benzene rings is 2. The molecule has 6 nitrogen and oxygen atoms in total. The van der Waals surface area contributed by atoms with E-state index in [-0.39, 0.29) is 11.3 Å². The zero-order valence-corrected chi connectivity index (χ0v) is 19.0. The van der Waals surface area contributed by atoms with Crippen molar-refractivity contribution >= 4 is 17.4 Å². The molecule has 1 amide bonds. The van der Waals surface area contributed by atoms with E-state index in [1.807, 2.05) is 13.8 Å². The molecule has 0 saturated carbocycles. The fraction of sp³-hybridized carbons (Fsp3) is 0.308. The second-order valence-electron chi connectivity index (χ2n) is 7.69. The molecule has 0 radical (unpaired) electrons. The van der Waals surface area contributed by atoms with E-state index in [4.69, 9.17) is 4.74 Å². The first-order chi connectivity index (χ1) is 15.9. The summed E-state index contributed by atoms with van der Waals surface area (Å²) < 4.78 is 19.0. The van der Waals surface area contributed by atoms with Crippen LogP contribution in [-0.2, 0) is 9.59 Å². The third-order valence-corrected chi connectivity index (χ3v) is 5.77. The van der Waals surface area contributed by atoms with Gasteiger partial charge in [0.05, 0.1) is 11.6 Å². The highest BCUT2D eigenvalue weighted by Gasteiger charge is 2.45. The molecule has 1 fully saturated rings. The van der Waals surface area contributed by atoms with Crippen molar-refractivity contribution in [3.8, 4) is 5.75 Å². The van der Waals surface area contributed by atoms with Crippen LogP contribution in [0.5, 0.6) is 5.75 Å². The molecule has 3 rings (SSSR count). The average Bonchev–Trinajstić information content (AvgIpc) is 3.08. The van der Waals surface area contributed by atoms with Crippen molar-refractivity contribution in [3.63, 3.8) is 0 Å². The van der Waals surface area contributed by atoms with Gasteiger partial charge in [-0.25, -0.2) is 4.39 Å². The lowest BCUT2D eigenvalue weighted by Gasteiger charge is -2.28. The topological polar surface area (TPSA) is 70.1 Å². The molecule has 1 aliphatic heterocycles. The first-order valence-corrected chi connectivity index (χ1v) is 11.0. The number of ether oxygens (including phenoxy) is 1. The molecule has 2 aromatic carbocycles. The molecule has 0 spiro atoms. The van der Waals surface area contributed by atoms with E-state index in [9.17, 15) is 19.1 Å². The standard InChI is InChI=1S/C26H29FN2O4/c1-4-17-33-21-13-9-19(10-14-21)24(30)22-23(18-7-11-20(27)12-8-18)29(26(32)25(22)31)16-15-28(5-2)6-3/h4,7-14,23,30H,1,5-6,15-17H2,2-3H3/b24-22+. The molecule has 1 heterocycles. The number of likely N-dealkylation sites (N-methyl/N-ethyl adjacent to an activating group) is 1. The zero-order chi connectivity index (χ0) is 24.0. The summed E-state index contributed by atoms with van der Waals surface area (Å²) in [7, 11) is 0. The highest BCUT2D eigenvalue weighted by Crippen LogP contribution is 2.39. The molecule has 1 atom stereocenters. The van der Waals surface area contributed by atoms with Crippen LogP contribution in [0.1, 0.15) is 31.0 Å². The summed E-state index contributed by atoms with van der Waals surface area (Å²) in [5.74, 6) is -1.55. The number of aliphatic hydroxyl groups excluding tert-OH is 1. The lowest BCUT2D eigenvalue weighted by atomic mass is 9.95. The predicted octanol–water partition coefficient (Wildman–Crippen LogP) is 4.15. The first-order valence-electron chi connectivity index (χ1n) is 11.0. The van der Waals surface area contributed by atoms with Crippen LogP contribution in [0.15, 0.2) is 66.8 Å². The number of hydrogen-bond acceptors (Lipinski definition) is 5. The smallest absolute Gasteiger partial charge is 0.295 e. The van der Waals surface area contributed by atoms with Crippen LogP contribution in [-0.4, -0.2) is 59.4 Å². The summed E-state index contributed by atoms with van der Waals surface area (Å²) in [6, 6.07) is 11.4. The normalized spacial score (nSPS) is 17.6. The molecule has 1 aliphatic rings. The van der Waals surface area contributed by atoms with Gasteiger partial charge in [0.25, 0.3) is 11.7 Å². The van der Waals surface area contributed by atoms with Crippen molar-refractivity contribution in [2.24, 2.45) is 0 Å². The Morgan fingerprint density at radius 3 is 2.33 bits per heavy atom. The SMILES string of the molecule is C=CCOc1ccc(/C(O)=C2\C(=O)C(=O)N(CCN(CC)CC)C2c2ccc(F)cc2)cc1. The van der Waals surface area contributed by atoms with Crippen molar-refractivity contribution in [3.05, 3.63) is 83.7 Å². The number of carbonyl (C=O) groups excluding carboxylic acids is 2. The van der Waals surface area contributed by atoms with Gasteiger partial charge < -0.3 is 19.6 Å². The fourth-order valence-electron chi connectivity index (χ4n) is 3.91. The van der Waals surface area contributed by atoms with Gasteiger partial charge in [-0.2, -0.15) is 0 Å². The molecule has 1 N–H and O–H groups in total. The summed E-state index contributed by atoms with van der Waals surface area (Å²) in [5.41, 5.74) is 0.934. The third kappa shape index (κ3) is 5.31. The van der Waals surface area contributed by atoms with Crippen LogP contribution in [0, 0.1) is 5.82 Å². The fourth-order valence-corrected chi connectivity index (χ4v) is 3.91. The first kappa shape index (κ1) is 24.2. The van der Waals surface area contributed by atoms with E-state index in [2.05, 4.69) is 11.5 Å². The van der Waals surface area contributed by atoms with Crippen molar-refractivity contribution in [1.82, 2.24) is 9.80 Å². The van der Waals surface area contributed by atoms with E-state index >= 15 is 0 Å². The van der Waals surface area contributed by atoms with Gasteiger partial charge in [0, 0.05) is 18.7 Å². The molecule has 0 bridgehead atoms. The number of halogens is 1. The van der Waals surface area contributed by atoms with Crippen LogP contribution in [0.4, 0.5) is 4.39 Å². The van der Waals surface area contributed by atoms with Crippen molar-refractivity contribution < 1.29 is 23.8 Å². The molecule has 7 heteroatoms. The Morgan fingerprint density at radius 1 is 1.12 bits per heavy atom. The highest BCUT2D eigenvalue weighted by molar-refractivity contribution is 6.46. The molecular formula is C26H29FN2O4. The van der Waals surface area contributed by atoms with E-state index < -0.39 is 23.5 Å². The lowest BCUT2D eigenvalue weighted by Crippen LogP contribution is -2.38. The lowest BCUT2D eigenvalue weighted by molar-refractivity contribution is -0.140. The Hall–Kier alpha value is -3.45. The summed E-state index contributed by atoms with van der Waals surface area (Å²) in [6.07, 6.45) is 1.62. The third-order valence-electron chi connectivity index (χ3n) is 5.77. The number of nitrogens with zero attached hydrogens (tertiary/aromatic N) is 2. The number of aliphatic hydroxyl groups is 1. The number of Topliss-reactive ketones (excluding diaryl/α,β-unsaturated/α-hetero) is 1. The highest BCUT2D eigenvalue weighted by atomic mass is 19.1. The minimum atomic E-state index is -0.808. The van der Waals surface area contributed by atoms with Gasteiger partial charge in [-0.1, -0.05) is 38.6 Å². The largest absolute Gasteiger partial charge is 0.507 e. The van der Waals surface area contributed by atoms with Gasteiger partial charge in [0.2, 0.25) is 0 Å². The number of carbonyl (C=O) groups is 2. The molecule has 0 aliphatic carbocycles. The van der Waals surface area contributed by atoms with Crippen LogP contribution in [0.25, 0.3) is 5.76 Å².